The predicted molar refractivity (Wildman–Crippen MR) is 123 cm³/mol. The lowest BCUT2D eigenvalue weighted by Gasteiger charge is -2.34. The summed E-state index contributed by atoms with van der Waals surface area (Å²) in [5.41, 5.74) is 1.56. The van der Waals surface area contributed by atoms with Crippen molar-refractivity contribution in [1.82, 2.24) is 9.80 Å². The first kappa shape index (κ1) is 22.0. The molecule has 1 aliphatic heterocycles. The highest BCUT2D eigenvalue weighted by molar-refractivity contribution is 7.15. The highest BCUT2D eigenvalue weighted by Gasteiger charge is 2.22. The monoisotopic (exact) mass is 449 g/mol. The topological polar surface area (TPSA) is 56.6 Å². The summed E-state index contributed by atoms with van der Waals surface area (Å²) < 4.78 is 19.6. The van der Waals surface area contributed by atoms with E-state index in [2.05, 4.69) is 17.0 Å². The summed E-state index contributed by atoms with van der Waals surface area (Å²) in [5.74, 6) is 0.402. The molecule has 7 heteroatoms. The van der Waals surface area contributed by atoms with Gasteiger partial charge in [0.2, 0.25) is 0 Å². The molecule has 4 rings (SSSR count). The molecule has 1 amide bonds. The van der Waals surface area contributed by atoms with Gasteiger partial charge in [0.25, 0.3) is 5.91 Å². The van der Waals surface area contributed by atoms with Gasteiger partial charge in [-0.1, -0.05) is 30.3 Å². The molecule has 0 bridgehead atoms. The van der Waals surface area contributed by atoms with E-state index >= 15 is 0 Å². The summed E-state index contributed by atoms with van der Waals surface area (Å²) >= 11 is 1.61. The van der Waals surface area contributed by atoms with Crippen LogP contribution in [-0.4, -0.2) is 48.5 Å². The summed E-state index contributed by atoms with van der Waals surface area (Å²) in [6.45, 7) is 3.72. The number of thiophene rings is 1. The van der Waals surface area contributed by atoms with Crippen LogP contribution in [0.2, 0.25) is 0 Å². The number of ether oxygens (including phenoxy) is 1. The van der Waals surface area contributed by atoms with E-state index in [1.165, 1.54) is 10.9 Å². The number of benzene rings is 2. The Morgan fingerprint density at radius 1 is 1.03 bits per heavy atom. The fourth-order valence-electron chi connectivity index (χ4n) is 3.68. The molecule has 2 heterocycles. The number of hydrogen-bond donors (Lipinski definition) is 0. The van der Waals surface area contributed by atoms with Crippen molar-refractivity contribution in [3.8, 4) is 22.3 Å². The molecule has 2 aromatic carbocycles. The first-order valence-electron chi connectivity index (χ1n) is 10.5. The number of piperazine rings is 1. The van der Waals surface area contributed by atoms with Crippen molar-refractivity contribution in [2.75, 3.05) is 32.8 Å². The second-order valence-corrected chi connectivity index (χ2v) is 8.84. The summed E-state index contributed by atoms with van der Waals surface area (Å²) in [7, 11) is 0. The zero-order valence-electron chi connectivity index (χ0n) is 17.7. The average Bonchev–Trinajstić information content (AvgIpc) is 3.27. The Kier molecular flexibility index (Phi) is 7.15. The average molecular weight is 450 g/mol. The molecular formula is C25H24FN3O2S. The molecule has 0 unspecified atom stereocenters. The van der Waals surface area contributed by atoms with E-state index in [1.807, 2.05) is 29.2 Å². The number of amides is 1. The fraction of sp³-hybridized carbons (Fsp3) is 0.280. The number of hydrogen-bond acceptors (Lipinski definition) is 5. The van der Waals surface area contributed by atoms with Crippen LogP contribution in [0.15, 0.2) is 60.7 Å². The third-order valence-electron chi connectivity index (χ3n) is 5.47. The van der Waals surface area contributed by atoms with Gasteiger partial charge in [0.05, 0.1) is 12.5 Å². The van der Waals surface area contributed by atoms with Crippen LogP contribution in [0.4, 0.5) is 4.39 Å². The highest BCUT2D eigenvalue weighted by atomic mass is 32.1. The third-order valence-corrected chi connectivity index (χ3v) is 6.58. The van der Waals surface area contributed by atoms with Crippen LogP contribution >= 0.6 is 11.3 Å². The molecule has 32 heavy (non-hydrogen) atoms. The van der Waals surface area contributed by atoms with Crippen LogP contribution in [0.25, 0.3) is 10.4 Å². The van der Waals surface area contributed by atoms with Crippen molar-refractivity contribution in [3.05, 3.63) is 76.9 Å². The van der Waals surface area contributed by atoms with E-state index < -0.39 is 0 Å². The van der Waals surface area contributed by atoms with Gasteiger partial charge in [-0.25, -0.2) is 4.39 Å². The molecular weight excluding hydrogens is 425 g/mol. The van der Waals surface area contributed by atoms with Gasteiger partial charge in [0, 0.05) is 48.0 Å². The SMILES string of the molecule is N#CCc1ccc(OCC(=O)N2CCN(Cc3ccc(-c4ccccc4F)s3)CC2)cc1. The Balaban J connectivity index is 1.23. The molecule has 164 valence electrons. The molecule has 0 atom stereocenters. The highest BCUT2D eigenvalue weighted by Crippen LogP contribution is 2.30. The van der Waals surface area contributed by atoms with E-state index in [9.17, 15) is 9.18 Å². The second-order valence-electron chi connectivity index (χ2n) is 7.67. The summed E-state index contributed by atoms with van der Waals surface area (Å²) in [6, 6.07) is 20.2. The zero-order valence-corrected chi connectivity index (χ0v) is 18.5. The molecule has 0 aliphatic carbocycles. The van der Waals surface area contributed by atoms with Crippen LogP contribution in [0, 0.1) is 17.1 Å². The summed E-state index contributed by atoms with van der Waals surface area (Å²) in [5, 5.41) is 8.72. The van der Waals surface area contributed by atoms with E-state index in [1.54, 1.807) is 35.6 Å². The van der Waals surface area contributed by atoms with Crippen molar-refractivity contribution in [2.24, 2.45) is 0 Å². The minimum Gasteiger partial charge on any atom is -0.484 e. The van der Waals surface area contributed by atoms with Crippen LogP contribution in [0.1, 0.15) is 10.4 Å². The van der Waals surface area contributed by atoms with Gasteiger partial charge < -0.3 is 9.64 Å². The van der Waals surface area contributed by atoms with Gasteiger partial charge in [0.15, 0.2) is 6.61 Å². The molecule has 0 N–H and O–H groups in total. The zero-order chi connectivity index (χ0) is 22.3. The summed E-state index contributed by atoms with van der Waals surface area (Å²) in [4.78, 5) is 18.8. The van der Waals surface area contributed by atoms with E-state index in [-0.39, 0.29) is 18.3 Å². The van der Waals surface area contributed by atoms with Crippen molar-refractivity contribution < 1.29 is 13.9 Å². The maximum atomic E-state index is 14.0. The van der Waals surface area contributed by atoms with Crippen LogP contribution in [0.3, 0.4) is 0 Å². The first-order chi connectivity index (χ1) is 15.6. The molecule has 5 nitrogen and oxygen atoms in total. The van der Waals surface area contributed by atoms with Crippen molar-refractivity contribution in [2.45, 2.75) is 13.0 Å². The second kappa shape index (κ2) is 10.4. The smallest absolute Gasteiger partial charge is 0.260 e. The molecule has 0 saturated carbocycles. The number of carbonyl (C=O) groups excluding carboxylic acids is 1. The number of nitriles is 1. The van der Waals surface area contributed by atoms with Gasteiger partial charge in [-0.15, -0.1) is 11.3 Å². The lowest BCUT2D eigenvalue weighted by Crippen LogP contribution is -2.49. The van der Waals surface area contributed by atoms with E-state index in [0.29, 0.717) is 30.8 Å². The Bertz CT molecular complexity index is 1100. The molecule has 1 fully saturated rings. The molecule has 0 radical (unpaired) electrons. The Morgan fingerprint density at radius 2 is 1.78 bits per heavy atom. The number of halogens is 1. The predicted octanol–water partition coefficient (Wildman–Crippen LogP) is 4.34. The molecule has 1 saturated heterocycles. The standard InChI is InChI=1S/C25H24FN3O2S/c26-23-4-2-1-3-22(23)24-10-9-21(32-24)17-28-13-15-29(16-14-28)25(30)18-31-20-7-5-19(6-8-20)11-12-27/h1-10H,11,13-18H2. The fourth-order valence-corrected chi connectivity index (χ4v) is 4.75. The van der Waals surface area contributed by atoms with Crippen LogP contribution in [-0.2, 0) is 17.8 Å². The molecule has 1 aliphatic rings. The third kappa shape index (κ3) is 5.52. The quantitative estimate of drug-likeness (QED) is 0.538. The van der Waals surface area contributed by atoms with Crippen LogP contribution < -0.4 is 4.74 Å². The number of nitrogens with zero attached hydrogens (tertiary/aromatic N) is 3. The lowest BCUT2D eigenvalue weighted by atomic mass is 10.2. The molecule has 3 aromatic rings. The Hall–Kier alpha value is -3.21. The largest absolute Gasteiger partial charge is 0.484 e. The van der Waals surface area contributed by atoms with Crippen molar-refractivity contribution in [3.63, 3.8) is 0 Å². The van der Waals surface area contributed by atoms with Gasteiger partial charge in [-0.05, 0) is 35.9 Å². The first-order valence-corrected chi connectivity index (χ1v) is 11.4. The van der Waals surface area contributed by atoms with Gasteiger partial charge in [0.1, 0.15) is 11.6 Å². The van der Waals surface area contributed by atoms with Gasteiger partial charge >= 0.3 is 0 Å². The lowest BCUT2D eigenvalue weighted by molar-refractivity contribution is -0.135. The minimum absolute atomic E-state index is 0.00845. The van der Waals surface area contributed by atoms with E-state index in [0.717, 1.165) is 30.1 Å². The maximum absolute atomic E-state index is 14.0. The molecule has 0 spiro atoms. The van der Waals surface area contributed by atoms with Crippen molar-refractivity contribution >= 4 is 17.2 Å². The minimum atomic E-state index is -0.201. The number of carbonyl (C=O) groups is 1. The Morgan fingerprint density at radius 3 is 2.50 bits per heavy atom. The van der Waals surface area contributed by atoms with Gasteiger partial charge in [-0.3, -0.25) is 9.69 Å². The maximum Gasteiger partial charge on any atom is 0.260 e. The van der Waals surface area contributed by atoms with Crippen molar-refractivity contribution in [1.29, 1.82) is 5.26 Å². The number of rotatable bonds is 7. The van der Waals surface area contributed by atoms with E-state index in [4.69, 9.17) is 10.00 Å². The Labute approximate surface area is 191 Å². The van der Waals surface area contributed by atoms with Gasteiger partial charge in [-0.2, -0.15) is 5.26 Å². The molecule has 1 aromatic heterocycles. The summed E-state index contributed by atoms with van der Waals surface area (Å²) in [6.07, 6.45) is 0.361. The normalized spacial score (nSPS) is 14.2. The van der Waals surface area contributed by atoms with Crippen LogP contribution in [0.5, 0.6) is 5.75 Å².